The van der Waals surface area contributed by atoms with Gasteiger partial charge in [-0.2, -0.15) is 5.10 Å². The number of fused-ring (bicyclic) bond motifs is 1. The first kappa shape index (κ1) is 21.7. The number of amides is 1. The lowest BCUT2D eigenvalue weighted by molar-refractivity contribution is 0.0952. The summed E-state index contributed by atoms with van der Waals surface area (Å²) in [4.78, 5) is 12.8. The van der Waals surface area contributed by atoms with Crippen LogP contribution in [0.25, 0.3) is 16.5 Å². The fourth-order valence-electron chi connectivity index (χ4n) is 3.91. The lowest BCUT2D eigenvalue weighted by Gasteiger charge is -2.13. The molecule has 0 saturated heterocycles. The van der Waals surface area contributed by atoms with Gasteiger partial charge in [-0.15, -0.1) is 0 Å². The first-order valence-electron chi connectivity index (χ1n) is 10.3. The predicted octanol–water partition coefficient (Wildman–Crippen LogP) is 5.98. The van der Waals surface area contributed by atoms with Crippen molar-refractivity contribution in [2.75, 3.05) is 7.11 Å². The molecule has 0 spiro atoms. The Morgan fingerprint density at radius 2 is 1.75 bits per heavy atom. The van der Waals surface area contributed by atoms with Crippen LogP contribution in [-0.4, -0.2) is 23.8 Å². The molecule has 0 aliphatic heterocycles. The number of hydrogen-bond donors (Lipinski definition) is 1. The number of carbonyl (C=O) groups is 1. The van der Waals surface area contributed by atoms with E-state index >= 15 is 0 Å². The lowest BCUT2D eigenvalue weighted by Crippen LogP contribution is -2.18. The molecule has 1 N–H and O–H groups in total. The summed E-state index contributed by atoms with van der Waals surface area (Å²) in [5.41, 5.74) is 8.06. The smallest absolute Gasteiger partial charge is 0.275 e. The molecule has 6 heteroatoms. The van der Waals surface area contributed by atoms with Crippen molar-refractivity contribution in [3.63, 3.8) is 0 Å². The van der Waals surface area contributed by atoms with Crippen molar-refractivity contribution in [3.8, 4) is 11.4 Å². The summed E-state index contributed by atoms with van der Waals surface area (Å²) in [5, 5.41) is 6.90. The van der Waals surface area contributed by atoms with Crippen LogP contribution < -0.4 is 10.2 Å². The average molecular weight is 446 g/mol. The maximum Gasteiger partial charge on any atom is 0.275 e. The fourth-order valence-corrected chi connectivity index (χ4v) is 4.08. The van der Waals surface area contributed by atoms with Gasteiger partial charge in [-0.05, 0) is 67.4 Å². The molecule has 0 aliphatic rings. The molecule has 0 atom stereocenters. The van der Waals surface area contributed by atoms with Crippen molar-refractivity contribution >= 4 is 34.5 Å². The van der Waals surface area contributed by atoms with E-state index in [0.717, 1.165) is 44.0 Å². The van der Waals surface area contributed by atoms with E-state index in [1.807, 2.05) is 81.4 Å². The number of ether oxygens (including phenoxy) is 1. The molecule has 4 rings (SSSR count). The van der Waals surface area contributed by atoms with Crippen molar-refractivity contribution < 1.29 is 9.53 Å². The number of aromatic nitrogens is 1. The predicted molar refractivity (Wildman–Crippen MR) is 131 cm³/mol. The maximum absolute atomic E-state index is 12.8. The first-order valence-corrected chi connectivity index (χ1v) is 10.6. The Morgan fingerprint density at radius 1 is 1.03 bits per heavy atom. The van der Waals surface area contributed by atoms with E-state index in [1.54, 1.807) is 13.3 Å². The summed E-state index contributed by atoms with van der Waals surface area (Å²) in [6.45, 7) is 6.05. The zero-order chi connectivity index (χ0) is 22.8. The van der Waals surface area contributed by atoms with Gasteiger partial charge in [-0.1, -0.05) is 41.9 Å². The van der Waals surface area contributed by atoms with E-state index in [0.29, 0.717) is 11.3 Å². The molecule has 0 saturated carbocycles. The third-order valence-electron chi connectivity index (χ3n) is 5.63. The minimum Gasteiger partial charge on any atom is -0.496 e. The fraction of sp³-hybridized carbons (Fsp3) is 0.154. The molecule has 5 nitrogen and oxygen atoms in total. The summed E-state index contributed by atoms with van der Waals surface area (Å²) in [6, 6.07) is 19.4. The summed E-state index contributed by atoms with van der Waals surface area (Å²) in [7, 11) is 1.55. The van der Waals surface area contributed by atoms with Crippen LogP contribution in [0, 0.1) is 20.8 Å². The summed E-state index contributed by atoms with van der Waals surface area (Å²) >= 11 is 6.32. The molecule has 0 radical (unpaired) electrons. The summed E-state index contributed by atoms with van der Waals surface area (Å²) in [6.07, 6.45) is 1.66. The molecule has 32 heavy (non-hydrogen) atoms. The van der Waals surface area contributed by atoms with Crippen LogP contribution in [0.2, 0.25) is 5.02 Å². The maximum atomic E-state index is 12.8. The second-order valence-electron chi connectivity index (χ2n) is 7.64. The number of nitrogens with one attached hydrogen (secondary N) is 1. The Hall–Kier alpha value is -3.57. The van der Waals surface area contributed by atoms with Crippen molar-refractivity contribution in [1.82, 2.24) is 9.99 Å². The van der Waals surface area contributed by atoms with Crippen LogP contribution in [0.4, 0.5) is 0 Å². The topological polar surface area (TPSA) is 55.6 Å². The van der Waals surface area contributed by atoms with Gasteiger partial charge in [0.1, 0.15) is 5.75 Å². The molecule has 3 aromatic carbocycles. The Kier molecular flexibility index (Phi) is 6.01. The third kappa shape index (κ3) is 3.99. The zero-order valence-electron chi connectivity index (χ0n) is 18.4. The highest BCUT2D eigenvalue weighted by molar-refractivity contribution is 6.31. The van der Waals surface area contributed by atoms with Gasteiger partial charge in [0.15, 0.2) is 0 Å². The zero-order valence-corrected chi connectivity index (χ0v) is 19.2. The summed E-state index contributed by atoms with van der Waals surface area (Å²) < 4.78 is 7.56. The number of hydrazone groups is 1. The number of benzene rings is 3. The highest BCUT2D eigenvalue weighted by Gasteiger charge is 2.15. The molecule has 0 fully saturated rings. The van der Waals surface area contributed by atoms with Gasteiger partial charge in [0, 0.05) is 27.7 Å². The molecule has 0 aliphatic carbocycles. The van der Waals surface area contributed by atoms with Gasteiger partial charge >= 0.3 is 0 Å². The number of hydrogen-bond acceptors (Lipinski definition) is 3. The molecule has 1 amide bonds. The Balaban J connectivity index is 1.59. The Morgan fingerprint density at radius 3 is 2.47 bits per heavy atom. The van der Waals surface area contributed by atoms with Crippen molar-refractivity contribution in [2.24, 2.45) is 5.10 Å². The minimum atomic E-state index is -0.330. The van der Waals surface area contributed by atoms with E-state index in [2.05, 4.69) is 15.1 Å². The second-order valence-corrected chi connectivity index (χ2v) is 8.05. The molecule has 1 heterocycles. The molecular weight excluding hydrogens is 422 g/mol. The monoisotopic (exact) mass is 445 g/mol. The van der Waals surface area contributed by atoms with Crippen LogP contribution in [0.1, 0.15) is 32.9 Å². The third-order valence-corrected chi connectivity index (χ3v) is 6.04. The minimum absolute atomic E-state index is 0.330. The number of halogens is 1. The molecular formula is C26H24ClN3O2. The van der Waals surface area contributed by atoms with Crippen LogP contribution >= 0.6 is 11.6 Å². The largest absolute Gasteiger partial charge is 0.496 e. The van der Waals surface area contributed by atoms with Gasteiger partial charge < -0.3 is 9.30 Å². The molecule has 1 aromatic heterocycles. The molecule has 0 bridgehead atoms. The average Bonchev–Trinajstić information content (AvgIpc) is 3.07. The number of aryl methyl sites for hydroxylation is 1. The Labute approximate surface area is 192 Å². The number of carbonyl (C=O) groups excluding carboxylic acids is 1. The lowest BCUT2D eigenvalue weighted by atomic mass is 10.1. The Bertz CT molecular complexity index is 1350. The van der Waals surface area contributed by atoms with Gasteiger partial charge in [0.2, 0.25) is 0 Å². The van der Waals surface area contributed by atoms with Crippen LogP contribution in [0.3, 0.4) is 0 Å². The van der Waals surface area contributed by atoms with Crippen molar-refractivity contribution in [2.45, 2.75) is 20.8 Å². The van der Waals surface area contributed by atoms with E-state index in [4.69, 9.17) is 16.3 Å². The van der Waals surface area contributed by atoms with E-state index < -0.39 is 0 Å². The quantitative estimate of drug-likeness (QED) is 0.303. The van der Waals surface area contributed by atoms with Crippen LogP contribution in [0.15, 0.2) is 65.8 Å². The normalized spacial score (nSPS) is 11.3. The molecule has 0 unspecified atom stereocenters. The SMILES string of the molecule is COc1cc2ccccc2cc1C(=O)N/N=C\c1cc(C)n(-c2cccc(Cl)c2C)c1C. The van der Waals surface area contributed by atoms with E-state index in [9.17, 15) is 4.79 Å². The first-order chi connectivity index (χ1) is 15.4. The highest BCUT2D eigenvalue weighted by atomic mass is 35.5. The van der Waals surface area contributed by atoms with Gasteiger partial charge in [-0.25, -0.2) is 5.43 Å². The number of nitrogens with zero attached hydrogens (tertiary/aromatic N) is 2. The number of rotatable bonds is 5. The van der Waals surface area contributed by atoms with Crippen molar-refractivity contribution in [1.29, 1.82) is 0 Å². The van der Waals surface area contributed by atoms with Crippen LogP contribution in [-0.2, 0) is 0 Å². The summed E-state index contributed by atoms with van der Waals surface area (Å²) in [5.74, 6) is 0.175. The molecule has 4 aromatic rings. The second kappa shape index (κ2) is 8.89. The highest BCUT2D eigenvalue weighted by Crippen LogP contribution is 2.27. The van der Waals surface area contributed by atoms with Crippen molar-refractivity contribution in [3.05, 3.63) is 93.8 Å². The molecule has 162 valence electrons. The standard InChI is InChI=1S/C26H24ClN3O2/c1-16-12-21(18(3)30(16)24-11-7-10-23(27)17(24)2)15-28-29-26(31)22-13-19-8-5-6-9-20(19)14-25(22)32-4/h5-15H,1-4H3,(H,29,31)/b28-15-. The van der Waals surface area contributed by atoms with Crippen LogP contribution in [0.5, 0.6) is 5.75 Å². The van der Waals surface area contributed by atoms with Gasteiger partial charge in [0.05, 0.1) is 18.9 Å². The van der Waals surface area contributed by atoms with E-state index in [1.165, 1.54) is 0 Å². The van der Waals surface area contributed by atoms with Gasteiger partial charge in [-0.3, -0.25) is 4.79 Å². The van der Waals surface area contributed by atoms with E-state index in [-0.39, 0.29) is 5.91 Å². The number of methoxy groups -OCH3 is 1. The van der Waals surface area contributed by atoms with Gasteiger partial charge in [0.25, 0.3) is 5.91 Å².